The van der Waals surface area contributed by atoms with Crippen molar-refractivity contribution in [3.8, 4) is 0 Å². The van der Waals surface area contributed by atoms with Crippen LogP contribution in [0.2, 0.25) is 0 Å². The van der Waals surface area contributed by atoms with E-state index in [0.717, 1.165) is 57.6 Å². The van der Waals surface area contributed by atoms with E-state index in [2.05, 4.69) is 71.0 Å². The van der Waals surface area contributed by atoms with Gasteiger partial charge >= 0.3 is 0 Å². The highest BCUT2D eigenvalue weighted by atomic mass is 32.2. The molecule has 2 aromatic carbocycles. The SMILES string of the molecule is CCNC(=NCc1cccc(CN2CCOCC2)c1)NCCSc1ccccc1. The van der Waals surface area contributed by atoms with Gasteiger partial charge in [0, 0.05) is 43.4 Å². The highest BCUT2D eigenvalue weighted by molar-refractivity contribution is 7.99. The Morgan fingerprint density at radius 3 is 2.62 bits per heavy atom. The molecule has 0 spiro atoms. The van der Waals surface area contributed by atoms with E-state index in [0.29, 0.717) is 6.54 Å². The molecule has 0 radical (unpaired) electrons. The van der Waals surface area contributed by atoms with Gasteiger partial charge in [0.2, 0.25) is 0 Å². The molecule has 1 aliphatic rings. The van der Waals surface area contributed by atoms with Gasteiger partial charge in [0.15, 0.2) is 5.96 Å². The van der Waals surface area contributed by atoms with Crippen LogP contribution in [0, 0.1) is 0 Å². The Balaban J connectivity index is 1.47. The number of ether oxygens (including phenoxy) is 1. The van der Waals surface area contributed by atoms with E-state index in [9.17, 15) is 0 Å². The minimum absolute atomic E-state index is 0.679. The molecular formula is C23H32N4OS. The van der Waals surface area contributed by atoms with E-state index in [1.165, 1.54) is 16.0 Å². The Labute approximate surface area is 178 Å². The van der Waals surface area contributed by atoms with Crippen molar-refractivity contribution in [3.05, 3.63) is 65.7 Å². The lowest BCUT2D eigenvalue weighted by Crippen LogP contribution is -2.38. The van der Waals surface area contributed by atoms with E-state index in [1.807, 2.05) is 17.8 Å². The van der Waals surface area contributed by atoms with Crippen molar-refractivity contribution < 1.29 is 4.74 Å². The predicted octanol–water partition coefficient (Wildman–Crippen LogP) is 3.37. The third-order valence-corrected chi connectivity index (χ3v) is 5.69. The van der Waals surface area contributed by atoms with Gasteiger partial charge in [-0.3, -0.25) is 4.90 Å². The monoisotopic (exact) mass is 412 g/mol. The Hall–Kier alpha value is -2.02. The molecule has 1 aliphatic heterocycles. The summed E-state index contributed by atoms with van der Waals surface area (Å²) < 4.78 is 5.44. The summed E-state index contributed by atoms with van der Waals surface area (Å²) in [7, 11) is 0. The van der Waals surface area contributed by atoms with E-state index >= 15 is 0 Å². The fourth-order valence-electron chi connectivity index (χ4n) is 3.21. The van der Waals surface area contributed by atoms with E-state index in [-0.39, 0.29) is 0 Å². The number of nitrogens with zero attached hydrogens (tertiary/aromatic N) is 2. The van der Waals surface area contributed by atoms with Crippen molar-refractivity contribution in [1.29, 1.82) is 0 Å². The number of aliphatic imine (C=N–C) groups is 1. The van der Waals surface area contributed by atoms with Crippen LogP contribution in [0.5, 0.6) is 0 Å². The fraction of sp³-hybridized carbons (Fsp3) is 0.435. The topological polar surface area (TPSA) is 48.9 Å². The predicted molar refractivity (Wildman–Crippen MR) is 123 cm³/mol. The van der Waals surface area contributed by atoms with Gasteiger partial charge in [-0.15, -0.1) is 11.8 Å². The molecule has 156 valence electrons. The van der Waals surface area contributed by atoms with Crippen molar-refractivity contribution in [2.75, 3.05) is 45.1 Å². The van der Waals surface area contributed by atoms with Crippen LogP contribution >= 0.6 is 11.8 Å². The normalized spacial score (nSPS) is 15.3. The van der Waals surface area contributed by atoms with Gasteiger partial charge in [0.05, 0.1) is 19.8 Å². The van der Waals surface area contributed by atoms with Crippen molar-refractivity contribution >= 4 is 17.7 Å². The standard InChI is InChI=1S/C23H32N4OS/c1-2-24-23(25-11-16-29-22-9-4-3-5-10-22)26-18-20-7-6-8-21(17-20)19-27-12-14-28-15-13-27/h3-10,17H,2,11-16,18-19H2,1H3,(H2,24,25,26). The molecule has 1 heterocycles. The summed E-state index contributed by atoms with van der Waals surface area (Å²) in [6, 6.07) is 19.3. The van der Waals surface area contributed by atoms with Crippen LogP contribution in [0.1, 0.15) is 18.1 Å². The molecule has 2 aromatic rings. The lowest BCUT2D eigenvalue weighted by atomic mass is 10.1. The van der Waals surface area contributed by atoms with E-state index in [4.69, 9.17) is 9.73 Å². The third kappa shape index (κ3) is 8.09. The minimum atomic E-state index is 0.679. The Kier molecular flexibility index (Phi) is 9.36. The lowest BCUT2D eigenvalue weighted by molar-refractivity contribution is 0.0342. The summed E-state index contributed by atoms with van der Waals surface area (Å²) in [6.07, 6.45) is 0. The first-order valence-corrected chi connectivity index (χ1v) is 11.4. The van der Waals surface area contributed by atoms with Crippen LogP contribution < -0.4 is 10.6 Å². The second-order valence-corrected chi connectivity index (χ2v) is 8.16. The minimum Gasteiger partial charge on any atom is -0.379 e. The highest BCUT2D eigenvalue weighted by Gasteiger charge is 2.10. The van der Waals surface area contributed by atoms with Gasteiger partial charge < -0.3 is 15.4 Å². The van der Waals surface area contributed by atoms with Crippen molar-refractivity contribution in [1.82, 2.24) is 15.5 Å². The number of hydrogen-bond acceptors (Lipinski definition) is 4. The van der Waals surface area contributed by atoms with E-state index < -0.39 is 0 Å². The van der Waals surface area contributed by atoms with Gasteiger partial charge in [-0.1, -0.05) is 42.5 Å². The summed E-state index contributed by atoms with van der Waals surface area (Å²) in [5.41, 5.74) is 2.59. The summed E-state index contributed by atoms with van der Waals surface area (Å²) in [5, 5.41) is 6.78. The third-order valence-electron chi connectivity index (χ3n) is 4.67. The molecule has 0 amide bonds. The van der Waals surface area contributed by atoms with Crippen LogP contribution in [0.4, 0.5) is 0 Å². The van der Waals surface area contributed by atoms with Crippen molar-refractivity contribution in [2.45, 2.75) is 24.9 Å². The highest BCUT2D eigenvalue weighted by Crippen LogP contribution is 2.15. The average Bonchev–Trinajstić information content (AvgIpc) is 2.77. The van der Waals surface area contributed by atoms with Crippen LogP contribution in [0.3, 0.4) is 0 Å². The number of hydrogen-bond donors (Lipinski definition) is 2. The number of morpholine rings is 1. The molecule has 0 bridgehead atoms. The molecule has 6 heteroatoms. The maximum absolute atomic E-state index is 5.44. The molecule has 29 heavy (non-hydrogen) atoms. The first-order chi connectivity index (χ1) is 14.3. The number of benzene rings is 2. The molecule has 0 unspecified atom stereocenters. The largest absolute Gasteiger partial charge is 0.379 e. The summed E-state index contributed by atoms with van der Waals surface area (Å²) >= 11 is 1.85. The summed E-state index contributed by atoms with van der Waals surface area (Å²) in [6.45, 7) is 9.19. The van der Waals surface area contributed by atoms with Crippen LogP contribution in [-0.4, -0.2) is 56.0 Å². The maximum atomic E-state index is 5.44. The Morgan fingerprint density at radius 1 is 1.03 bits per heavy atom. The quantitative estimate of drug-likeness (QED) is 0.286. The number of thioether (sulfide) groups is 1. The molecular weight excluding hydrogens is 380 g/mol. The van der Waals surface area contributed by atoms with Gasteiger partial charge in [0.25, 0.3) is 0 Å². The molecule has 2 N–H and O–H groups in total. The number of guanidine groups is 1. The molecule has 3 rings (SSSR count). The molecule has 5 nitrogen and oxygen atoms in total. The van der Waals surface area contributed by atoms with Crippen molar-refractivity contribution in [2.24, 2.45) is 4.99 Å². The number of nitrogens with one attached hydrogen (secondary N) is 2. The zero-order valence-corrected chi connectivity index (χ0v) is 18.1. The molecule has 0 aromatic heterocycles. The van der Waals surface area contributed by atoms with Crippen molar-refractivity contribution in [3.63, 3.8) is 0 Å². The fourth-order valence-corrected chi connectivity index (χ4v) is 4.00. The first-order valence-electron chi connectivity index (χ1n) is 10.4. The first kappa shape index (κ1) is 21.7. The summed E-state index contributed by atoms with van der Waals surface area (Å²) in [5.74, 6) is 1.88. The smallest absolute Gasteiger partial charge is 0.191 e. The average molecular weight is 413 g/mol. The molecule has 0 saturated carbocycles. The maximum Gasteiger partial charge on any atom is 0.191 e. The Morgan fingerprint density at radius 2 is 1.83 bits per heavy atom. The van der Waals surface area contributed by atoms with Crippen LogP contribution in [-0.2, 0) is 17.8 Å². The Bertz CT molecular complexity index is 748. The summed E-state index contributed by atoms with van der Waals surface area (Å²) in [4.78, 5) is 8.51. The molecule has 1 fully saturated rings. The van der Waals surface area contributed by atoms with Crippen LogP contribution in [0.25, 0.3) is 0 Å². The van der Waals surface area contributed by atoms with Gasteiger partial charge in [-0.05, 0) is 30.2 Å². The van der Waals surface area contributed by atoms with Gasteiger partial charge in [-0.25, -0.2) is 4.99 Å². The molecule has 0 atom stereocenters. The van der Waals surface area contributed by atoms with Gasteiger partial charge in [0.1, 0.15) is 0 Å². The van der Waals surface area contributed by atoms with Crippen LogP contribution in [0.15, 0.2) is 64.5 Å². The number of rotatable bonds is 9. The molecule has 1 saturated heterocycles. The zero-order valence-electron chi connectivity index (χ0n) is 17.3. The zero-order chi connectivity index (χ0) is 20.2. The van der Waals surface area contributed by atoms with Gasteiger partial charge in [-0.2, -0.15) is 0 Å². The van der Waals surface area contributed by atoms with E-state index in [1.54, 1.807) is 0 Å². The molecule has 0 aliphatic carbocycles. The second kappa shape index (κ2) is 12.5. The second-order valence-electron chi connectivity index (χ2n) is 6.99. The lowest BCUT2D eigenvalue weighted by Gasteiger charge is -2.26.